The van der Waals surface area contributed by atoms with E-state index in [0.29, 0.717) is 9.39 Å². The van der Waals surface area contributed by atoms with Crippen LogP contribution in [0.25, 0.3) is 0 Å². The Morgan fingerprint density at radius 1 is 1.35 bits per heavy atom. The third kappa shape index (κ3) is 4.65. The maximum absolute atomic E-state index is 11.5. The van der Waals surface area contributed by atoms with Crippen LogP contribution in [0.15, 0.2) is 11.1 Å². The molecule has 0 atom stereocenters. The second-order valence-electron chi connectivity index (χ2n) is 6.14. The van der Waals surface area contributed by atoms with Gasteiger partial charge in [-0.15, -0.1) is 0 Å². The van der Waals surface area contributed by atoms with Crippen LogP contribution in [0.1, 0.15) is 41.0 Å². The Hall–Kier alpha value is -0.590. The molecule has 1 heterocycles. The van der Waals surface area contributed by atoms with Crippen LogP contribution >= 0.6 is 22.6 Å². The number of halogens is 1. The Kier molecular flexibility index (Phi) is 4.22. The lowest BCUT2D eigenvalue weighted by molar-refractivity contribution is 0.302. The van der Waals surface area contributed by atoms with Gasteiger partial charge in [-0.25, -0.2) is 4.98 Å². The first-order valence-electron chi connectivity index (χ1n) is 5.62. The molecule has 0 aliphatic rings. The molecule has 0 bridgehead atoms. The number of aromatic amines is 1. The van der Waals surface area contributed by atoms with Crippen molar-refractivity contribution in [3.05, 3.63) is 20.3 Å². The van der Waals surface area contributed by atoms with Gasteiger partial charge >= 0.3 is 0 Å². The lowest BCUT2D eigenvalue weighted by Crippen LogP contribution is -2.36. The third-order valence-electron chi connectivity index (χ3n) is 2.23. The summed E-state index contributed by atoms with van der Waals surface area (Å²) in [7, 11) is 0. The maximum atomic E-state index is 11.5. The molecule has 1 aromatic rings. The number of nitrogens with zero attached hydrogens (tertiary/aromatic N) is 1. The zero-order chi connectivity index (χ0) is 13.3. The highest BCUT2D eigenvalue weighted by atomic mass is 127. The van der Waals surface area contributed by atoms with Crippen molar-refractivity contribution in [2.45, 2.75) is 46.6 Å². The van der Waals surface area contributed by atoms with E-state index in [1.165, 1.54) is 6.33 Å². The van der Waals surface area contributed by atoms with Gasteiger partial charge in [0.15, 0.2) is 0 Å². The van der Waals surface area contributed by atoms with Crippen molar-refractivity contribution >= 4 is 28.4 Å². The van der Waals surface area contributed by atoms with Crippen molar-refractivity contribution in [1.82, 2.24) is 9.97 Å². The second kappa shape index (κ2) is 4.96. The van der Waals surface area contributed by atoms with Crippen LogP contribution in [0, 0.1) is 8.99 Å². The SMILES string of the molecule is CC(C)(C)CC(C)(C)Nc1nc[nH]c(=O)c1I. The third-order valence-corrected chi connectivity index (χ3v) is 3.23. The summed E-state index contributed by atoms with van der Waals surface area (Å²) in [5.74, 6) is 0.656. The van der Waals surface area contributed by atoms with Gasteiger partial charge in [-0.3, -0.25) is 4.79 Å². The predicted octanol–water partition coefficient (Wildman–Crippen LogP) is 3.00. The average molecular weight is 349 g/mol. The summed E-state index contributed by atoms with van der Waals surface area (Å²) in [4.78, 5) is 18.2. The van der Waals surface area contributed by atoms with Gasteiger partial charge in [0.25, 0.3) is 5.56 Å². The van der Waals surface area contributed by atoms with Gasteiger partial charge in [-0.05, 0) is 48.3 Å². The van der Waals surface area contributed by atoms with Crippen molar-refractivity contribution in [2.24, 2.45) is 5.41 Å². The van der Waals surface area contributed by atoms with Gasteiger partial charge in [0.2, 0.25) is 0 Å². The highest BCUT2D eigenvalue weighted by Gasteiger charge is 2.26. The van der Waals surface area contributed by atoms with Crippen LogP contribution in [0.3, 0.4) is 0 Å². The van der Waals surface area contributed by atoms with Crippen LogP contribution in [0.4, 0.5) is 5.82 Å². The molecule has 1 rings (SSSR count). The van der Waals surface area contributed by atoms with E-state index in [0.717, 1.165) is 6.42 Å². The number of H-pyrrole nitrogens is 1. The Morgan fingerprint density at radius 3 is 2.47 bits per heavy atom. The number of hydrogen-bond donors (Lipinski definition) is 2. The van der Waals surface area contributed by atoms with E-state index in [4.69, 9.17) is 0 Å². The average Bonchev–Trinajstić information content (AvgIpc) is 2.08. The number of rotatable bonds is 3. The Bertz CT molecular complexity index is 446. The van der Waals surface area contributed by atoms with Gasteiger partial charge in [-0.1, -0.05) is 20.8 Å². The molecule has 0 aliphatic heterocycles. The van der Waals surface area contributed by atoms with Crippen molar-refractivity contribution < 1.29 is 0 Å². The second-order valence-corrected chi connectivity index (χ2v) is 7.22. The van der Waals surface area contributed by atoms with E-state index in [2.05, 4.69) is 49.9 Å². The molecule has 5 heteroatoms. The summed E-state index contributed by atoms with van der Waals surface area (Å²) in [6, 6.07) is 0. The van der Waals surface area contributed by atoms with E-state index in [-0.39, 0.29) is 16.5 Å². The molecule has 2 N–H and O–H groups in total. The normalized spacial score (nSPS) is 12.6. The molecular formula is C12H20IN3O. The highest BCUT2D eigenvalue weighted by molar-refractivity contribution is 14.1. The minimum absolute atomic E-state index is 0.0982. The lowest BCUT2D eigenvalue weighted by atomic mass is 9.82. The van der Waals surface area contributed by atoms with Crippen molar-refractivity contribution in [3.8, 4) is 0 Å². The quantitative estimate of drug-likeness (QED) is 0.825. The van der Waals surface area contributed by atoms with E-state index >= 15 is 0 Å². The molecule has 0 aromatic carbocycles. The van der Waals surface area contributed by atoms with Gasteiger partial charge in [-0.2, -0.15) is 0 Å². The zero-order valence-corrected chi connectivity index (χ0v) is 13.2. The monoisotopic (exact) mass is 349 g/mol. The van der Waals surface area contributed by atoms with Gasteiger partial charge < -0.3 is 10.3 Å². The first-order valence-corrected chi connectivity index (χ1v) is 6.70. The molecule has 0 aliphatic carbocycles. The summed E-state index contributed by atoms with van der Waals surface area (Å²) in [6.07, 6.45) is 2.42. The Balaban J connectivity index is 2.90. The highest BCUT2D eigenvalue weighted by Crippen LogP contribution is 2.29. The maximum Gasteiger partial charge on any atom is 0.266 e. The first-order chi connectivity index (χ1) is 7.61. The van der Waals surface area contributed by atoms with Gasteiger partial charge in [0, 0.05) is 5.54 Å². The summed E-state index contributed by atoms with van der Waals surface area (Å²) in [6.45, 7) is 10.8. The molecule has 0 saturated heterocycles. The van der Waals surface area contributed by atoms with Crippen molar-refractivity contribution in [1.29, 1.82) is 0 Å². The Morgan fingerprint density at radius 2 is 1.94 bits per heavy atom. The minimum atomic E-state index is -0.102. The lowest BCUT2D eigenvalue weighted by Gasteiger charge is -2.33. The fourth-order valence-corrected chi connectivity index (χ4v) is 2.59. The van der Waals surface area contributed by atoms with E-state index in [1.807, 2.05) is 22.6 Å². The molecule has 0 unspecified atom stereocenters. The predicted molar refractivity (Wildman–Crippen MR) is 79.3 cm³/mol. The fraction of sp³-hybridized carbons (Fsp3) is 0.667. The van der Waals surface area contributed by atoms with Gasteiger partial charge in [0.1, 0.15) is 9.39 Å². The van der Waals surface area contributed by atoms with Crippen LogP contribution < -0.4 is 10.9 Å². The van der Waals surface area contributed by atoms with Crippen molar-refractivity contribution in [3.63, 3.8) is 0 Å². The first kappa shape index (κ1) is 14.5. The number of hydrogen-bond acceptors (Lipinski definition) is 3. The summed E-state index contributed by atoms with van der Waals surface area (Å²) >= 11 is 2.01. The van der Waals surface area contributed by atoms with E-state index in [9.17, 15) is 4.79 Å². The molecule has 1 aromatic heterocycles. The zero-order valence-electron chi connectivity index (χ0n) is 11.0. The molecule has 96 valence electrons. The van der Waals surface area contributed by atoms with Gasteiger partial charge in [0.05, 0.1) is 6.33 Å². The molecule has 4 nitrogen and oxygen atoms in total. The topological polar surface area (TPSA) is 57.8 Å². The molecule has 0 spiro atoms. The van der Waals surface area contributed by atoms with Crippen LogP contribution in [0.5, 0.6) is 0 Å². The Labute approximate surface area is 116 Å². The van der Waals surface area contributed by atoms with Crippen LogP contribution in [0.2, 0.25) is 0 Å². The summed E-state index contributed by atoms with van der Waals surface area (Å²) in [5, 5.41) is 3.35. The number of aromatic nitrogens is 2. The smallest absolute Gasteiger partial charge is 0.266 e. The summed E-state index contributed by atoms with van der Waals surface area (Å²) < 4.78 is 0.604. The molecule has 0 fully saturated rings. The summed E-state index contributed by atoms with van der Waals surface area (Å²) in [5.41, 5.74) is 0.0249. The molecule has 0 amide bonds. The standard InChI is InChI=1S/C12H20IN3O/c1-11(2,3)6-12(4,5)16-9-8(13)10(17)15-7-14-9/h7H,6H2,1-5H3,(H2,14,15,16,17). The number of nitrogens with one attached hydrogen (secondary N) is 2. The molecule has 0 radical (unpaired) electrons. The van der Waals surface area contributed by atoms with Crippen LogP contribution in [-0.2, 0) is 0 Å². The minimum Gasteiger partial charge on any atom is -0.364 e. The fourth-order valence-electron chi connectivity index (χ4n) is 2.16. The molecule has 0 saturated carbocycles. The van der Waals surface area contributed by atoms with E-state index < -0.39 is 0 Å². The molecular weight excluding hydrogens is 329 g/mol. The van der Waals surface area contributed by atoms with E-state index in [1.54, 1.807) is 0 Å². The largest absolute Gasteiger partial charge is 0.364 e. The van der Waals surface area contributed by atoms with Crippen LogP contribution in [-0.4, -0.2) is 15.5 Å². The van der Waals surface area contributed by atoms with Crippen molar-refractivity contribution in [2.75, 3.05) is 5.32 Å². The molecule has 17 heavy (non-hydrogen) atoms. The number of anilines is 1.